The Hall–Kier alpha value is -2.82. The molecule has 0 fully saturated rings. The summed E-state index contributed by atoms with van der Waals surface area (Å²) in [5, 5.41) is 2.85. The third kappa shape index (κ3) is 4.65. The Balaban J connectivity index is 1.93. The molecule has 5 nitrogen and oxygen atoms in total. The van der Waals surface area contributed by atoms with Gasteiger partial charge in [-0.15, -0.1) is 0 Å². The molecule has 0 spiro atoms. The van der Waals surface area contributed by atoms with Crippen LogP contribution in [0.5, 0.6) is 0 Å². The average Bonchev–Trinajstić information content (AvgIpc) is 2.49. The Morgan fingerprint density at radius 3 is 2.29 bits per heavy atom. The van der Waals surface area contributed by atoms with Gasteiger partial charge in [-0.2, -0.15) is 0 Å². The van der Waals surface area contributed by atoms with E-state index < -0.39 is 0 Å². The zero-order valence-electron chi connectivity index (χ0n) is 11.6. The highest BCUT2D eigenvalue weighted by Crippen LogP contribution is 2.12. The molecule has 0 unspecified atom stereocenters. The molecule has 5 heteroatoms. The number of carbonyl (C=O) groups excluding carboxylic acids is 1. The zero-order valence-corrected chi connectivity index (χ0v) is 11.6. The fourth-order valence-electron chi connectivity index (χ4n) is 1.86. The first-order valence-corrected chi connectivity index (χ1v) is 6.66. The Morgan fingerprint density at radius 1 is 1.00 bits per heavy atom. The van der Waals surface area contributed by atoms with Gasteiger partial charge in [0.25, 0.3) is 5.91 Å². The number of rotatable bonds is 5. The van der Waals surface area contributed by atoms with E-state index in [0.717, 1.165) is 17.7 Å². The van der Waals surface area contributed by atoms with E-state index in [1.54, 1.807) is 12.1 Å². The third-order valence-electron chi connectivity index (χ3n) is 2.94. The first-order chi connectivity index (χ1) is 10.1. The number of hydrogen-bond donors (Lipinski definition) is 3. The van der Waals surface area contributed by atoms with Crippen LogP contribution in [0.25, 0.3) is 0 Å². The van der Waals surface area contributed by atoms with Crippen LogP contribution in [0.1, 0.15) is 15.9 Å². The molecule has 2 rings (SSSR count). The summed E-state index contributed by atoms with van der Waals surface area (Å²) in [6.45, 7) is 0.554. The van der Waals surface area contributed by atoms with Crippen LogP contribution >= 0.6 is 0 Å². The highest BCUT2D eigenvalue weighted by Gasteiger charge is 2.04. The first-order valence-electron chi connectivity index (χ1n) is 6.66. The summed E-state index contributed by atoms with van der Waals surface area (Å²) in [5.41, 5.74) is 13.0. The van der Waals surface area contributed by atoms with Gasteiger partial charge in [-0.05, 0) is 36.2 Å². The van der Waals surface area contributed by atoms with Crippen molar-refractivity contribution < 1.29 is 4.79 Å². The first kappa shape index (κ1) is 14.6. The molecule has 0 radical (unpaired) electrons. The number of benzene rings is 2. The lowest BCUT2D eigenvalue weighted by atomic mass is 10.1. The van der Waals surface area contributed by atoms with Crippen LogP contribution in [-0.2, 0) is 6.42 Å². The van der Waals surface area contributed by atoms with Gasteiger partial charge in [0.05, 0.1) is 0 Å². The summed E-state index contributed by atoms with van der Waals surface area (Å²) < 4.78 is 0. The van der Waals surface area contributed by atoms with E-state index in [0.29, 0.717) is 12.1 Å². The van der Waals surface area contributed by atoms with E-state index in [1.165, 1.54) is 0 Å². The summed E-state index contributed by atoms with van der Waals surface area (Å²) in [5.74, 6) is -0.0226. The fraction of sp³-hybridized carbons (Fsp3) is 0.125. The van der Waals surface area contributed by atoms with Gasteiger partial charge >= 0.3 is 0 Å². The Kier molecular flexibility index (Phi) is 4.93. The second-order valence-electron chi connectivity index (χ2n) is 4.57. The van der Waals surface area contributed by atoms with Gasteiger partial charge in [-0.1, -0.05) is 30.3 Å². The van der Waals surface area contributed by atoms with Crippen LogP contribution < -0.4 is 16.8 Å². The molecule has 5 N–H and O–H groups in total. The fourth-order valence-corrected chi connectivity index (χ4v) is 1.86. The van der Waals surface area contributed by atoms with Gasteiger partial charge in [-0.25, -0.2) is 0 Å². The largest absolute Gasteiger partial charge is 0.370 e. The van der Waals surface area contributed by atoms with Crippen molar-refractivity contribution in [2.45, 2.75) is 6.42 Å². The predicted octanol–water partition coefficient (Wildman–Crippen LogP) is 1.75. The molecular formula is C16H18N4O. The molecule has 1 amide bonds. The number of carbonyl (C=O) groups is 1. The lowest BCUT2D eigenvalue weighted by Gasteiger charge is -2.06. The molecule has 0 saturated carbocycles. The van der Waals surface area contributed by atoms with Crippen molar-refractivity contribution in [3.05, 3.63) is 65.7 Å². The van der Waals surface area contributed by atoms with Crippen molar-refractivity contribution in [2.75, 3.05) is 11.9 Å². The molecule has 0 bridgehead atoms. The molecule has 108 valence electrons. The van der Waals surface area contributed by atoms with Crippen molar-refractivity contribution in [3.63, 3.8) is 0 Å². The van der Waals surface area contributed by atoms with Crippen LogP contribution in [0.2, 0.25) is 0 Å². The normalized spacial score (nSPS) is 9.90. The summed E-state index contributed by atoms with van der Waals surface area (Å²) in [6.07, 6.45) is 0.755. The Morgan fingerprint density at radius 2 is 1.67 bits per heavy atom. The molecule has 2 aromatic rings. The molecule has 0 aliphatic rings. The topological polar surface area (TPSA) is 93.5 Å². The maximum Gasteiger partial charge on any atom is 0.255 e. The van der Waals surface area contributed by atoms with Gasteiger partial charge in [0.2, 0.25) is 0 Å². The number of guanidine groups is 1. The zero-order chi connectivity index (χ0) is 15.1. The average molecular weight is 282 g/mol. The second-order valence-corrected chi connectivity index (χ2v) is 4.57. The monoisotopic (exact) mass is 282 g/mol. The van der Waals surface area contributed by atoms with Crippen LogP contribution in [-0.4, -0.2) is 18.4 Å². The third-order valence-corrected chi connectivity index (χ3v) is 2.94. The molecule has 2 aromatic carbocycles. The van der Waals surface area contributed by atoms with Gasteiger partial charge in [0.15, 0.2) is 5.96 Å². The minimum absolute atomic E-state index is 0.0988. The number of nitrogens with zero attached hydrogens (tertiary/aromatic N) is 1. The molecule has 0 heterocycles. The van der Waals surface area contributed by atoms with Gasteiger partial charge in [0, 0.05) is 17.8 Å². The summed E-state index contributed by atoms with van der Waals surface area (Å²) in [4.78, 5) is 15.9. The number of nitrogens with one attached hydrogen (secondary N) is 1. The predicted molar refractivity (Wildman–Crippen MR) is 85.2 cm³/mol. The van der Waals surface area contributed by atoms with Crippen molar-refractivity contribution in [2.24, 2.45) is 16.5 Å². The van der Waals surface area contributed by atoms with E-state index >= 15 is 0 Å². The minimum atomic E-state index is -0.121. The highest BCUT2D eigenvalue weighted by molar-refractivity contribution is 6.04. The molecule has 21 heavy (non-hydrogen) atoms. The number of anilines is 1. The van der Waals surface area contributed by atoms with Gasteiger partial charge in [0.1, 0.15) is 0 Å². The Labute approximate surface area is 123 Å². The summed E-state index contributed by atoms with van der Waals surface area (Å²) in [7, 11) is 0. The van der Waals surface area contributed by atoms with Gasteiger partial charge in [-0.3, -0.25) is 9.79 Å². The quantitative estimate of drug-likeness (QED) is 0.576. The SMILES string of the molecule is NC(N)=NCCc1ccc(NC(=O)c2ccccc2)cc1. The minimum Gasteiger partial charge on any atom is -0.370 e. The number of hydrogen-bond acceptors (Lipinski definition) is 2. The maximum atomic E-state index is 12.0. The smallest absolute Gasteiger partial charge is 0.255 e. The van der Waals surface area contributed by atoms with Crippen molar-refractivity contribution in [1.29, 1.82) is 0 Å². The number of aliphatic imine (C=N–C) groups is 1. The Bertz CT molecular complexity index is 616. The molecule has 0 atom stereocenters. The molecular weight excluding hydrogens is 264 g/mol. The second kappa shape index (κ2) is 7.09. The van der Waals surface area contributed by atoms with Crippen LogP contribution in [0.4, 0.5) is 5.69 Å². The lowest BCUT2D eigenvalue weighted by molar-refractivity contribution is 0.102. The van der Waals surface area contributed by atoms with Crippen LogP contribution in [0.3, 0.4) is 0 Å². The number of nitrogens with two attached hydrogens (primary N) is 2. The lowest BCUT2D eigenvalue weighted by Crippen LogP contribution is -2.23. The summed E-state index contributed by atoms with van der Waals surface area (Å²) in [6, 6.07) is 16.7. The van der Waals surface area contributed by atoms with Gasteiger partial charge < -0.3 is 16.8 Å². The summed E-state index contributed by atoms with van der Waals surface area (Å²) >= 11 is 0. The molecule has 0 saturated heterocycles. The van der Waals surface area contributed by atoms with E-state index in [-0.39, 0.29) is 11.9 Å². The number of amides is 1. The van der Waals surface area contributed by atoms with E-state index in [1.807, 2.05) is 42.5 Å². The van der Waals surface area contributed by atoms with E-state index in [4.69, 9.17) is 11.5 Å². The highest BCUT2D eigenvalue weighted by atomic mass is 16.1. The molecule has 0 aromatic heterocycles. The van der Waals surface area contributed by atoms with Crippen LogP contribution in [0, 0.1) is 0 Å². The van der Waals surface area contributed by atoms with Crippen molar-refractivity contribution in [3.8, 4) is 0 Å². The molecule has 0 aliphatic heterocycles. The standard InChI is InChI=1S/C16H18N4O/c17-16(18)19-11-10-12-6-8-14(9-7-12)20-15(21)13-4-2-1-3-5-13/h1-9H,10-11H2,(H,20,21)(H4,17,18,19). The molecule has 0 aliphatic carbocycles. The van der Waals surface area contributed by atoms with E-state index in [2.05, 4.69) is 10.3 Å². The van der Waals surface area contributed by atoms with Crippen molar-refractivity contribution >= 4 is 17.6 Å². The van der Waals surface area contributed by atoms with E-state index in [9.17, 15) is 4.79 Å². The van der Waals surface area contributed by atoms with Crippen molar-refractivity contribution in [1.82, 2.24) is 0 Å². The van der Waals surface area contributed by atoms with Crippen LogP contribution in [0.15, 0.2) is 59.6 Å². The maximum absolute atomic E-state index is 12.0.